The van der Waals surface area contributed by atoms with Gasteiger partial charge in [0.15, 0.2) is 0 Å². The van der Waals surface area contributed by atoms with Crippen LogP contribution < -0.4 is 5.32 Å². The van der Waals surface area contributed by atoms with Gasteiger partial charge < -0.3 is 10.2 Å². The lowest BCUT2D eigenvalue weighted by atomic mass is 10.3. The molecule has 0 aromatic heterocycles. The van der Waals surface area contributed by atoms with Crippen molar-refractivity contribution in [3.8, 4) is 0 Å². The van der Waals surface area contributed by atoms with Crippen molar-refractivity contribution in [1.82, 2.24) is 9.21 Å². The van der Waals surface area contributed by atoms with Gasteiger partial charge in [-0.15, -0.1) is 0 Å². The predicted octanol–water partition coefficient (Wildman–Crippen LogP) is 1.04. The lowest BCUT2D eigenvalue weighted by Crippen LogP contribution is -2.33. The van der Waals surface area contributed by atoms with Crippen LogP contribution in [0.3, 0.4) is 0 Å². The van der Waals surface area contributed by atoms with Crippen LogP contribution in [0.5, 0.6) is 0 Å². The Balaban J connectivity index is 1.99. The van der Waals surface area contributed by atoms with Gasteiger partial charge in [0.1, 0.15) is 6.54 Å². The van der Waals surface area contributed by atoms with E-state index in [1.54, 1.807) is 0 Å². The SMILES string of the molecule is CN(C)S(=O)(=O)c1ccc(NC(=O)CN2CCSC2=O)cc1. The second-order valence-corrected chi connectivity index (χ2v) is 8.09. The van der Waals surface area contributed by atoms with Gasteiger partial charge in [0, 0.05) is 32.1 Å². The highest BCUT2D eigenvalue weighted by Gasteiger charge is 2.23. The zero-order valence-electron chi connectivity index (χ0n) is 12.3. The van der Waals surface area contributed by atoms with Gasteiger partial charge in [-0.1, -0.05) is 11.8 Å². The molecule has 0 saturated carbocycles. The maximum atomic E-state index is 11.9. The molecule has 1 aromatic rings. The molecule has 7 nitrogen and oxygen atoms in total. The molecule has 1 aromatic carbocycles. The highest BCUT2D eigenvalue weighted by atomic mass is 32.2. The molecule has 2 amide bonds. The molecule has 0 aliphatic carbocycles. The van der Waals surface area contributed by atoms with Crippen LogP contribution in [0.2, 0.25) is 0 Å². The molecule has 1 aliphatic heterocycles. The minimum atomic E-state index is -3.48. The molecule has 0 bridgehead atoms. The Morgan fingerprint density at radius 2 is 1.95 bits per heavy atom. The summed E-state index contributed by atoms with van der Waals surface area (Å²) < 4.78 is 25.0. The predicted molar refractivity (Wildman–Crippen MR) is 85.4 cm³/mol. The van der Waals surface area contributed by atoms with Crippen molar-refractivity contribution in [2.75, 3.05) is 38.3 Å². The summed E-state index contributed by atoms with van der Waals surface area (Å²) in [7, 11) is -0.574. The van der Waals surface area contributed by atoms with Crippen molar-refractivity contribution in [2.45, 2.75) is 4.90 Å². The molecule has 9 heteroatoms. The average Bonchev–Trinajstić information content (AvgIpc) is 2.84. The Hall–Kier alpha value is -1.58. The van der Waals surface area contributed by atoms with Gasteiger partial charge in [0.2, 0.25) is 15.9 Å². The highest BCUT2D eigenvalue weighted by molar-refractivity contribution is 8.13. The smallest absolute Gasteiger partial charge is 0.282 e. The molecule has 1 heterocycles. The van der Waals surface area contributed by atoms with Gasteiger partial charge in [0.25, 0.3) is 5.24 Å². The van der Waals surface area contributed by atoms with Crippen LogP contribution in [0.25, 0.3) is 0 Å². The molecule has 0 spiro atoms. The molecule has 2 rings (SSSR count). The topological polar surface area (TPSA) is 86.8 Å². The van der Waals surface area contributed by atoms with Gasteiger partial charge in [0.05, 0.1) is 4.90 Å². The minimum Gasteiger partial charge on any atom is -0.325 e. The first-order valence-electron chi connectivity index (χ1n) is 6.55. The van der Waals surface area contributed by atoms with Crippen molar-refractivity contribution in [2.24, 2.45) is 0 Å². The molecular formula is C13H17N3O4S2. The zero-order chi connectivity index (χ0) is 16.3. The fourth-order valence-corrected chi connectivity index (χ4v) is 3.59. The van der Waals surface area contributed by atoms with E-state index in [2.05, 4.69) is 5.32 Å². The van der Waals surface area contributed by atoms with Crippen LogP contribution >= 0.6 is 11.8 Å². The zero-order valence-corrected chi connectivity index (χ0v) is 13.9. The van der Waals surface area contributed by atoms with Gasteiger partial charge in [-0.25, -0.2) is 12.7 Å². The average molecular weight is 343 g/mol. The number of hydrogen-bond acceptors (Lipinski definition) is 5. The van der Waals surface area contributed by atoms with Crippen LogP contribution in [-0.2, 0) is 14.8 Å². The highest BCUT2D eigenvalue weighted by Crippen LogP contribution is 2.18. The first-order chi connectivity index (χ1) is 10.3. The Kier molecular flexibility index (Phi) is 5.09. The maximum Gasteiger partial charge on any atom is 0.282 e. The number of amides is 2. The Bertz CT molecular complexity index is 671. The number of sulfonamides is 1. The van der Waals surface area contributed by atoms with Crippen LogP contribution in [-0.4, -0.2) is 61.7 Å². The number of thioether (sulfide) groups is 1. The van der Waals surface area contributed by atoms with Crippen LogP contribution in [0.1, 0.15) is 0 Å². The van der Waals surface area contributed by atoms with Crippen LogP contribution in [0.4, 0.5) is 10.5 Å². The first kappa shape index (κ1) is 16.8. The van der Waals surface area contributed by atoms with E-state index >= 15 is 0 Å². The third-order valence-electron chi connectivity index (χ3n) is 3.10. The fourth-order valence-electron chi connectivity index (χ4n) is 1.86. The van der Waals surface area contributed by atoms with E-state index in [0.29, 0.717) is 18.0 Å². The summed E-state index contributed by atoms with van der Waals surface area (Å²) in [5, 5.41) is 2.55. The van der Waals surface area contributed by atoms with Gasteiger partial charge in [-0.3, -0.25) is 9.59 Å². The lowest BCUT2D eigenvalue weighted by molar-refractivity contribution is -0.116. The van der Waals surface area contributed by atoms with E-state index < -0.39 is 10.0 Å². The van der Waals surface area contributed by atoms with Crippen LogP contribution in [0.15, 0.2) is 29.2 Å². The van der Waals surface area contributed by atoms with Gasteiger partial charge in [-0.2, -0.15) is 0 Å². The van der Waals surface area contributed by atoms with E-state index in [1.807, 2.05) is 0 Å². The third kappa shape index (κ3) is 3.79. The number of nitrogens with one attached hydrogen (secondary N) is 1. The third-order valence-corrected chi connectivity index (χ3v) is 5.82. The Labute approximate surface area is 133 Å². The van der Waals surface area contributed by atoms with E-state index in [-0.39, 0.29) is 22.6 Å². The molecule has 1 fully saturated rings. The van der Waals surface area contributed by atoms with Gasteiger partial charge in [-0.05, 0) is 24.3 Å². The normalized spacial score (nSPS) is 15.4. The summed E-state index contributed by atoms with van der Waals surface area (Å²) >= 11 is 1.20. The summed E-state index contributed by atoms with van der Waals surface area (Å²) in [6.07, 6.45) is 0. The fraction of sp³-hybridized carbons (Fsp3) is 0.385. The summed E-state index contributed by atoms with van der Waals surface area (Å²) in [4.78, 5) is 24.9. The number of carbonyl (C=O) groups excluding carboxylic acids is 2. The standard InChI is InChI=1S/C13H17N3O4S2/c1-15(2)22(19,20)11-5-3-10(4-6-11)14-12(17)9-16-7-8-21-13(16)18/h3-6H,7-9H2,1-2H3,(H,14,17). The van der Waals surface area contributed by atoms with Crippen molar-refractivity contribution >= 4 is 38.6 Å². The summed E-state index contributed by atoms with van der Waals surface area (Å²) in [5.41, 5.74) is 0.488. The molecule has 0 radical (unpaired) electrons. The van der Waals surface area contributed by atoms with Crippen molar-refractivity contribution in [1.29, 1.82) is 0 Å². The summed E-state index contributed by atoms with van der Waals surface area (Å²) in [6, 6.07) is 5.91. The number of benzene rings is 1. The Morgan fingerprint density at radius 3 is 2.45 bits per heavy atom. The largest absolute Gasteiger partial charge is 0.325 e. The van der Waals surface area contributed by atoms with Gasteiger partial charge >= 0.3 is 0 Å². The molecule has 22 heavy (non-hydrogen) atoms. The maximum absolute atomic E-state index is 11.9. The van der Waals surface area contributed by atoms with E-state index in [1.165, 1.54) is 55.0 Å². The molecule has 1 N–H and O–H groups in total. The second kappa shape index (κ2) is 6.67. The number of hydrogen-bond donors (Lipinski definition) is 1. The number of carbonyl (C=O) groups is 2. The molecule has 1 aliphatic rings. The van der Waals surface area contributed by atoms with Crippen molar-refractivity contribution in [3.63, 3.8) is 0 Å². The number of nitrogens with zero attached hydrogens (tertiary/aromatic N) is 2. The minimum absolute atomic E-state index is 0.00355. The summed E-state index contributed by atoms with van der Waals surface area (Å²) in [6.45, 7) is 0.570. The molecule has 1 saturated heterocycles. The quantitative estimate of drug-likeness (QED) is 0.863. The monoisotopic (exact) mass is 343 g/mol. The molecule has 120 valence electrons. The van der Waals surface area contributed by atoms with Crippen molar-refractivity contribution < 1.29 is 18.0 Å². The number of rotatable bonds is 5. The van der Waals surface area contributed by atoms with Crippen LogP contribution in [0, 0.1) is 0 Å². The van der Waals surface area contributed by atoms with Crippen molar-refractivity contribution in [3.05, 3.63) is 24.3 Å². The lowest BCUT2D eigenvalue weighted by Gasteiger charge is -2.14. The molecule has 0 unspecified atom stereocenters. The van der Waals surface area contributed by atoms with E-state index in [4.69, 9.17) is 0 Å². The summed E-state index contributed by atoms with van der Waals surface area (Å²) in [5.74, 6) is 0.391. The molecular weight excluding hydrogens is 326 g/mol. The number of anilines is 1. The second-order valence-electron chi connectivity index (χ2n) is 4.90. The molecule has 0 atom stereocenters. The van der Waals surface area contributed by atoms with E-state index in [0.717, 1.165) is 4.31 Å². The Morgan fingerprint density at radius 1 is 1.32 bits per heavy atom. The van der Waals surface area contributed by atoms with E-state index in [9.17, 15) is 18.0 Å². The first-order valence-corrected chi connectivity index (χ1v) is 8.97.